The highest BCUT2D eigenvalue weighted by Gasteiger charge is 2.18. The number of aromatic nitrogens is 2. The predicted octanol–water partition coefficient (Wildman–Crippen LogP) is 1.95. The second kappa shape index (κ2) is 5.19. The zero-order chi connectivity index (χ0) is 13.2. The molecule has 0 unspecified atom stereocenters. The molecule has 0 N–H and O–H groups in total. The summed E-state index contributed by atoms with van der Waals surface area (Å²) >= 11 is 5.56. The first-order chi connectivity index (χ1) is 9.25. The number of hydrogen-bond donors (Lipinski definition) is 0. The summed E-state index contributed by atoms with van der Waals surface area (Å²) < 4.78 is 5.35. The van der Waals surface area contributed by atoms with E-state index < -0.39 is 0 Å². The molecule has 0 saturated carbocycles. The molecule has 1 saturated heterocycles. The number of morpholine rings is 1. The van der Waals surface area contributed by atoms with E-state index in [4.69, 9.17) is 17.0 Å². The van der Waals surface area contributed by atoms with E-state index in [9.17, 15) is 0 Å². The van der Waals surface area contributed by atoms with Gasteiger partial charge in [0, 0.05) is 13.1 Å². The highest BCUT2D eigenvalue weighted by atomic mass is 32.1. The number of fused-ring (bicyclic) bond motifs is 1. The zero-order valence-electron chi connectivity index (χ0n) is 10.8. The molecule has 3 rings (SSSR count). The second-order valence-electron chi connectivity index (χ2n) is 4.55. The van der Waals surface area contributed by atoms with Crippen molar-refractivity contribution in [1.82, 2.24) is 14.9 Å². The maximum Gasteiger partial charge on any atom is 0.129 e. The molecule has 1 aliphatic rings. The number of ether oxygens (including phenoxy) is 1. The molecule has 0 amide bonds. The highest BCUT2D eigenvalue weighted by molar-refractivity contribution is 7.80. The monoisotopic (exact) mass is 273 g/mol. The van der Waals surface area contributed by atoms with Gasteiger partial charge in [-0.15, -0.1) is 0 Å². The van der Waals surface area contributed by atoms with Gasteiger partial charge in [-0.25, -0.2) is 9.97 Å². The summed E-state index contributed by atoms with van der Waals surface area (Å²) in [5.74, 6) is 0. The number of hydrogen-bond acceptors (Lipinski definition) is 4. The first kappa shape index (κ1) is 12.4. The Hall–Kier alpha value is -1.59. The van der Waals surface area contributed by atoms with Crippen LogP contribution in [0, 0.1) is 6.92 Å². The lowest BCUT2D eigenvalue weighted by atomic mass is 10.2. The van der Waals surface area contributed by atoms with Gasteiger partial charge in [-0.05, 0) is 19.1 Å². The number of thiocarbonyl (C=S) groups is 1. The topological polar surface area (TPSA) is 38.2 Å². The van der Waals surface area contributed by atoms with Crippen LogP contribution in [-0.4, -0.2) is 46.2 Å². The molecule has 1 aromatic carbocycles. The number of aryl methyl sites for hydroxylation is 1. The fraction of sp³-hybridized carbons (Fsp3) is 0.357. The van der Waals surface area contributed by atoms with Crippen molar-refractivity contribution in [2.24, 2.45) is 0 Å². The molecule has 1 aromatic heterocycles. The molecular formula is C14H15N3OS. The largest absolute Gasteiger partial charge is 0.378 e. The third-order valence-corrected chi connectivity index (χ3v) is 3.70. The fourth-order valence-electron chi connectivity index (χ4n) is 2.21. The molecule has 2 aromatic rings. The lowest BCUT2D eigenvalue weighted by molar-refractivity contribution is 0.0692. The number of para-hydroxylation sites is 2. The Bertz CT molecular complexity index is 623. The van der Waals surface area contributed by atoms with E-state index >= 15 is 0 Å². The maximum atomic E-state index is 5.56. The molecule has 5 heteroatoms. The average Bonchev–Trinajstić information content (AvgIpc) is 2.47. The van der Waals surface area contributed by atoms with Crippen molar-refractivity contribution < 1.29 is 4.74 Å². The van der Waals surface area contributed by atoms with Crippen LogP contribution in [0.3, 0.4) is 0 Å². The molecule has 0 atom stereocenters. The number of benzene rings is 1. The molecule has 0 radical (unpaired) electrons. The Kier molecular flexibility index (Phi) is 3.40. The van der Waals surface area contributed by atoms with E-state index in [1.807, 2.05) is 31.2 Å². The molecule has 0 aliphatic carbocycles. The van der Waals surface area contributed by atoms with Crippen molar-refractivity contribution in [3.8, 4) is 0 Å². The van der Waals surface area contributed by atoms with Crippen LogP contribution in [0.25, 0.3) is 11.0 Å². The minimum absolute atomic E-state index is 0.722. The smallest absolute Gasteiger partial charge is 0.129 e. The minimum Gasteiger partial charge on any atom is -0.378 e. The minimum atomic E-state index is 0.722. The molecule has 0 bridgehead atoms. The van der Waals surface area contributed by atoms with Crippen LogP contribution in [0.1, 0.15) is 11.4 Å². The van der Waals surface area contributed by atoms with Crippen LogP contribution >= 0.6 is 12.2 Å². The van der Waals surface area contributed by atoms with Gasteiger partial charge in [0.05, 0.1) is 29.9 Å². The molecular weight excluding hydrogens is 258 g/mol. The lowest BCUT2D eigenvalue weighted by Gasteiger charge is -2.29. The van der Waals surface area contributed by atoms with Crippen LogP contribution in [0.4, 0.5) is 0 Å². The van der Waals surface area contributed by atoms with Gasteiger partial charge < -0.3 is 9.64 Å². The van der Waals surface area contributed by atoms with Crippen molar-refractivity contribution in [2.45, 2.75) is 6.92 Å². The third-order valence-electron chi connectivity index (χ3n) is 3.25. The summed E-state index contributed by atoms with van der Waals surface area (Å²) in [6.07, 6.45) is 0. The highest BCUT2D eigenvalue weighted by Crippen LogP contribution is 2.15. The van der Waals surface area contributed by atoms with E-state index in [0.29, 0.717) is 0 Å². The van der Waals surface area contributed by atoms with Crippen LogP contribution in [0.2, 0.25) is 0 Å². The SMILES string of the molecule is Cc1nc2ccccc2nc1C(=S)N1CCOCC1. The first-order valence-electron chi connectivity index (χ1n) is 6.36. The molecule has 0 spiro atoms. The van der Waals surface area contributed by atoms with Crippen LogP contribution in [0.5, 0.6) is 0 Å². The van der Waals surface area contributed by atoms with Gasteiger partial charge >= 0.3 is 0 Å². The Morgan fingerprint density at radius 3 is 2.47 bits per heavy atom. The van der Waals surface area contributed by atoms with E-state index in [0.717, 1.165) is 53.7 Å². The van der Waals surface area contributed by atoms with E-state index in [1.54, 1.807) is 0 Å². The van der Waals surface area contributed by atoms with Crippen LogP contribution in [-0.2, 0) is 4.74 Å². The number of rotatable bonds is 1. The van der Waals surface area contributed by atoms with Crippen molar-refractivity contribution in [3.63, 3.8) is 0 Å². The summed E-state index contributed by atoms with van der Waals surface area (Å²) in [5, 5.41) is 0. The van der Waals surface area contributed by atoms with Crippen LogP contribution in [0.15, 0.2) is 24.3 Å². The van der Waals surface area contributed by atoms with Crippen molar-refractivity contribution >= 4 is 28.2 Å². The van der Waals surface area contributed by atoms with Gasteiger partial charge in [-0.1, -0.05) is 24.4 Å². The van der Waals surface area contributed by atoms with E-state index in [2.05, 4.69) is 14.9 Å². The summed E-state index contributed by atoms with van der Waals surface area (Å²) in [4.78, 5) is 12.2. The summed E-state index contributed by atoms with van der Waals surface area (Å²) in [6.45, 7) is 5.06. The first-order valence-corrected chi connectivity index (χ1v) is 6.77. The second-order valence-corrected chi connectivity index (χ2v) is 4.94. The Morgan fingerprint density at radius 2 is 1.79 bits per heavy atom. The normalized spacial score (nSPS) is 15.7. The molecule has 4 nitrogen and oxygen atoms in total. The average molecular weight is 273 g/mol. The van der Waals surface area contributed by atoms with Gasteiger partial charge in [0.25, 0.3) is 0 Å². The molecule has 98 valence electrons. The molecule has 19 heavy (non-hydrogen) atoms. The van der Waals surface area contributed by atoms with Gasteiger partial charge in [0.1, 0.15) is 10.7 Å². The van der Waals surface area contributed by atoms with E-state index in [1.165, 1.54) is 0 Å². The molecule has 2 heterocycles. The summed E-state index contributed by atoms with van der Waals surface area (Å²) in [6, 6.07) is 7.87. The fourth-order valence-corrected chi connectivity index (χ4v) is 2.58. The summed E-state index contributed by atoms with van der Waals surface area (Å²) in [5.41, 5.74) is 3.50. The number of nitrogens with zero attached hydrogens (tertiary/aromatic N) is 3. The maximum absolute atomic E-state index is 5.56. The van der Waals surface area contributed by atoms with Crippen LogP contribution < -0.4 is 0 Å². The van der Waals surface area contributed by atoms with Gasteiger partial charge in [0.2, 0.25) is 0 Å². The standard InChI is InChI=1S/C14H15N3OS/c1-10-13(14(19)17-6-8-18-9-7-17)16-12-5-3-2-4-11(12)15-10/h2-5H,6-9H2,1H3. The molecule has 1 aliphatic heterocycles. The van der Waals surface area contributed by atoms with Crippen molar-refractivity contribution in [1.29, 1.82) is 0 Å². The quantitative estimate of drug-likeness (QED) is 0.742. The lowest BCUT2D eigenvalue weighted by Crippen LogP contribution is -2.40. The van der Waals surface area contributed by atoms with E-state index in [-0.39, 0.29) is 0 Å². The van der Waals surface area contributed by atoms with Gasteiger partial charge in [0.15, 0.2) is 0 Å². The van der Waals surface area contributed by atoms with Gasteiger partial charge in [-0.2, -0.15) is 0 Å². The predicted molar refractivity (Wildman–Crippen MR) is 78.4 cm³/mol. The zero-order valence-corrected chi connectivity index (χ0v) is 11.6. The van der Waals surface area contributed by atoms with Crippen molar-refractivity contribution in [3.05, 3.63) is 35.7 Å². The third kappa shape index (κ3) is 2.43. The summed E-state index contributed by atoms with van der Waals surface area (Å²) in [7, 11) is 0. The Labute approximate surface area is 117 Å². The molecule has 1 fully saturated rings. The Balaban J connectivity index is 1.99. The van der Waals surface area contributed by atoms with Gasteiger partial charge in [-0.3, -0.25) is 0 Å². The van der Waals surface area contributed by atoms with Crippen molar-refractivity contribution in [2.75, 3.05) is 26.3 Å². The Morgan fingerprint density at radius 1 is 1.16 bits per heavy atom.